The third kappa shape index (κ3) is 2.56. The van der Waals surface area contributed by atoms with E-state index in [1.165, 1.54) is 17.7 Å². The van der Waals surface area contributed by atoms with Crippen molar-refractivity contribution in [3.63, 3.8) is 0 Å². The lowest BCUT2D eigenvalue weighted by Gasteiger charge is -2.23. The molecule has 0 amide bonds. The fourth-order valence-corrected chi connectivity index (χ4v) is 2.41. The van der Waals surface area contributed by atoms with Crippen LogP contribution in [-0.2, 0) is 6.54 Å². The first-order valence-electron chi connectivity index (χ1n) is 5.25. The van der Waals surface area contributed by atoms with Crippen molar-refractivity contribution in [1.29, 1.82) is 0 Å². The van der Waals surface area contributed by atoms with Crippen LogP contribution < -0.4 is 5.73 Å². The van der Waals surface area contributed by atoms with Gasteiger partial charge in [-0.05, 0) is 30.8 Å². The van der Waals surface area contributed by atoms with Crippen molar-refractivity contribution in [3.8, 4) is 0 Å². The zero-order valence-electron chi connectivity index (χ0n) is 8.70. The molecule has 78 valence electrons. The fraction of sp³-hybridized carbons (Fsp3) is 0.636. The highest BCUT2D eigenvalue weighted by molar-refractivity contribution is 7.09. The second-order valence-electron chi connectivity index (χ2n) is 4.25. The summed E-state index contributed by atoms with van der Waals surface area (Å²) in [6.45, 7) is 5.42. The van der Waals surface area contributed by atoms with Crippen LogP contribution >= 0.6 is 11.3 Å². The van der Waals surface area contributed by atoms with Gasteiger partial charge < -0.3 is 5.73 Å². The van der Waals surface area contributed by atoms with Gasteiger partial charge in [-0.3, -0.25) is 4.90 Å². The van der Waals surface area contributed by atoms with Gasteiger partial charge >= 0.3 is 0 Å². The summed E-state index contributed by atoms with van der Waals surface area (Å²) in [5.74, 6) is 0. The summed E-state index contributed by atoms with van der Waals surface area (Å²) in [4.78, 5) is 3.88. The predicted molar refractivity (Wildman–Crippen MR) is 61.4 cm³/mol. The van der Waals surface area contributed by atoms with Crippen molar-refractivity contribution >= 4 is 11.3 Å². The van der Waals surface area contributed by atoms with Crippen molar-refractivity contribution < 1.29 is 0 Å². The molecule has 2 rings (SSSR count). The summed E-state index contributed by atoms with van der Waals surface area (Å²) < 4.78 is 0. The van der Waals surface area contributed by atoms with Crippen molar-refractivity contribution in [1.82, 2.24) is 4.90 Å². The molecule has 0 atom stereocenters. The maximum Gasteiger partial charge on any atom is 0.0328 e. The Kier molecular flexibility index (Phi) is 2.91. The molecule has 1 aromatic heterocycles. The maximum absolute atomic E-state index is 6.11. The van der Waals surface area contributed by atoms with E-state index in [1.54, 1.807) is 0 Å². The first kappa shape index (κ1) is 10.1. The predicted octanol–water partition coefficient (Wildman–Crippen LogP) is 2.06. The SMILES string of the molecule is CCN(Cc1cccs1)CC1(N)CC1. The van der Waals surface area contributed by atoms with Crippen molar-refractivity contribution in [2.75, 3.05) is 13.1 Å². The molecule has 2 N–H and O–H groups in total. The van der Waals surface area contributed by atoms with Crippen LogP contribution in [0.15, 0.2) is 17.5 Å². The Morgan fingerprint density at radius 2 is 2.36 bits per heavy atom. The summed E-state index contributed by atoms with van der Waals surface area (Å²) in [6, 6.07) is 4.31. The molecule has 0 bridgehead atoms. The molecule has 1 aliphatic rings. The van der Waals surface area contributed by atoms with E-state index in [2.05, 4.69) is 29.3 Å². The maximum atomic E-state index is 6.11. The lowest BCUT2D eigenvalue weighted by Crippen LogP contribution is -2.38. The summed E-state index contributed by atoms with van der Waals surface area (Å²) in [5, 5.41) is 2.14. The molecule has 1 aromatic rings. The number of nitrogens with two attached hydrogens (primary N) is 1. The summed E-state index contributed by atoms with van der Waals surface area (Å²) >= 11 is 1.83. The molecule has 1 saturated carbocycles. The van der Waals surface area contributed by atoms with Gasteiger partial charge in [0, 0.05) is 23.5 Å². The highest BCUT2D eigenvalue weighted by Gasteiger charge is 2.39. The molecule has 0 aliphatic heterocycles. The van der Waals surface area contributed by atoms with Crippen LogP contribution in [0.2, 0.25) is 0 Å². The number of hydrogen-bond acceptors (Lipinski definition) is 3. The zero-order chi connectivity index (χ0) is 10.0. The Balaban J connectivity index is 1.87. The largest absolute Gasteiger partial charge is 0.324 e. The van der Waals surface area contributed by atoms with Crippen molar-refractivity contribution in [2.45, 2.75) is 31.8 Å². The summed E-state index contributed by atoms with van der Waals surface area (Å²) in [5.41, 5.74) is 6.26. The Morgan fingerprint density at radius 1 is 1.57 bits per heavy atom. The number of thiophene rings is 1. The van der Waals surface area contributed by atoms with Crippen LogP contribution in [0.1, 0.15) is 24.6 Å². The molecule has 1 heterocycles. The Labute approximate surface area is 89.7 Å². The standard InChI is InChI=1S/C11H18N2S/c1-2-13(9-11(12)5-6-11)8-10-4-3-7-14-10/h3-4,7H,2,5-6,8-9,12H2,1H3. The Hall–Kier alpha value is -0.380. The van der Waals surface area contributed by atoms with Crippen LogP contribution in [0.25, 0.3) is 0 Å². The lowest BCUT2D eigenvalue weighted by molar-refractivity contribution is 0.257. The van der Waals surface area contributed by atoms with Crippen molar-refractivity contribution in [3.05, 3.63) is 22.4 Å². The molecule has 1 fully saturated rings. The minimum Gasteiger partial charge on any atom is -0.324 e. The van der Waals surface area contributed by atoms with Gasteiger partial charge in [0.05, 0.1) is 0 Å². The zero-order valence-corrected chi connectivity index (χ0v) is 9.52. The van der Waals surface area contributed by atoms with Crippen LogP contribution in [0, 0.1) is 0 Å². The van der Waals surface area contributed by atoms with E-state index in [9.17, 15) is 0 Å². The van der Waals surface area contributed by atoms with E-state index in [0.29, 0.717) is 0 Å². The molecular formula is C11H18N2S. The average molecular weight is 210 g/mol. The molecular weight excluding hydrogens is 192 g/mol. The molecule has 0 spiro atoms. The molecule has 3 heteroatoms. The first-order chi connectivity index (χ1) is 6.72. The van der Waals surface area contributed by atoms with E-state index in [0.717, 1.165) is 19.6 Å². The van der Waals surface area contributed by atoms with Crippen LogP contribution in [0.5, 0.6) is 0 Å². The van der Waals surface area contributed by atoms with E-state index in [1.807, 2.05) is 11.3 Å². The minimum atomic E-state index is 0.146. The molecule has 1 aliphatic carbocycles. The smallest absolute Gasteiger partial charge is 0.0328 e. The van der Waals surface area contributed by atoms with Crippen LogP contribution in [0.3, 0.4) is 0 Å². The number of rotatable bonds is 5. The molecule has 14 heavy (non-hydrogen) atoms. The van der Waals surface area contributed by atoms with Gasteiger partial charge in [0.25, 0.3) is 0 Å². The number of hydrogen-bond donors (Lipinski definition) is 1. The molecule has 2 nitrogen and oxygen atoms in total. The topological polar surface area (TPSA) is 29.3 Å². The second-order valence-corrected chi connectivity index (χ2v) is 5.28. The van der Waals surface area contributed by atoms with E-state index < -0.39 is 0 Å². The number of nitrogens with zero attached hydrogens (tertiary/aromatic N) is 1. The van der Waals surface area contributed by atoms with Gasteiger partial charge in [-0.15, -0.1) is 11.3 Å². The number of likely N-dealkylation sites (N-methyl/N-ethyl adjacent to an activating group) is 1. The van der Waals surface area contributed by atoms with Gasteiger partial charge in [0.15, 0.2) is 0 Å². The quantitative estimate of drug-likeness (QED) is 0.806. The van der Waals surface area contributed by atoms with Gasteiger partial charge in [0.2, 0.25) is 0 Å². The van der Waals surface area contributed by atoms with Gasteiger partial charge in [-0.25, -0.2) is 0 Å². The van der Waals surface area contributed by atoms with Gasteiger partial charge in [-0.1, -0.05) is 13.0 Å². The normalized spacial score (nSPS) is 18.8. The summed E-state index contributed by atoms with van der Waals surface area (Å²) in [6.07, 6.45) is 2.40. The van der Waals surface area contributed by atoms with E-state index in [-0.39, 0.29) is 5.54 Å². The van der Waals surface area contributed by atoms with Crippen molar-refractivity contribution in [2.24, 2.45) is 5.73 Å². The van der Waals surface area contributed by atoms with Gasteiger partial charge in [0.1, 0.15) is 0 Å². The van der Waals surface area contributed by atoms with E-state index >= 15 is 0 Å². The highest BCUT2D eigenvalue weighted by atomic mass is 32.1. The van der Waals surface area contributed by atoms with Gasteiger partial charge in [-0.2, -0.15) is 0 Å². The molecule has 0 radical (unpaired) electrons. The average Bonchev–Trinajstić information content (AvgIpc) is 2.67. The third-order valence-electron chi connectivity index (χ3n) is 2.84. The fourth-order valence-electron chi connectivity index (χ4n) is 1.67. The molecule has 0 saturated heterocycles. The molecule has 0 aromatic carbocycles. The Bertz CT molecular complexity index is 277. The minimum absolute atomic E-state index is 0.146. The second kappa shape index (κ2) is 4.01. The lowest BCUT2D eigenvalue weighted by atomic mass is 10.2. The summed E-state index contributed by atoms with van der Waals surface area (Å²) in [7, 11) is 0. The first-order valence-corrected chi connectivity index (χ1v) is 6.13. The Morgan fingerprint density at radius 3 is 2.86 bits per heavy atom. The highest BCUT2D eigenvalue weighted by Crippen LogP contribution is 2.33. The molecule has 0 unspecified atom stereocenters. The monoisotopic (exact) mass is 210 g/mol. The van der Waals surface area contributed by atoms with Crippen LogP contribution in [0.4, 0.5) is 0 Å². The van der Waals surface area contributed by atoms with Crippen LogP contribution in [-0.4, -0.2) is 23.5 Å². The third-order valence-corrected chi connectivity index (χ3v) is 3.70. The van der Waals surface area contributed by atoms with E-state index in [4.69, 9.17) is 5.73 Å².